The largest absolute Gasteiger partial charge is 0.309 e. The summed E-state index contributed by atoms with van der Waals surface area (Å²) in [6, 6.07) is 9.54. The molecule has 0 spiro atoms. The number of rotatable bonds is 3. The third-order valence-electron chi connectivity index (χ3n) is 4.08. The molecule has 0 bridgehead atoms. The summed E-state index contributed by atoms with van der Waals surface area (Å²) in [4.78, 5) is 3.08. The van der Waals surface area contributed by atoms with E-state index in [4.69, 9.17) is 0 Å². The molecular formula is C17H21NS. The fraction of sp³-hybridized carbons (Fsp3) is 0.412. The smallest absolute Gasteiger partial charge is 0.0671 e. The number of benzene rings is 1. The van der Waals surface area contributed by atoms with Gasteiger partial charge >= 0.3 is 0 Å². The molecule has 1 nitrogen and oxygen atoms in total. The second-order valence-electron chi connectivity index (χ2n) is 5.53. The van der Waals surface area contributed by atoms with Crippen molar-refractivity contribution in [2.24, 2.45) is 0 Å². The van der Waals surface area contributed by atoms with Gasteiger partial charge in [-0.05, 0) is 62.9 Å². The summed E-state index contributed by atoms with van der Waals surface area (Å²) >= 11 is 2.00. The van der Waals surface area contributed by atoms with E-state index in [1.54, 1.807) is 10.4 Å². The lowest BCUT2D eigenvalue weighted by Crippen LogP contribution is -2.17. The van der Waals surface area contributed by atoms with Crippen LogP contribution in [0.3, 0.4) is 0 Å². The predicted molar refractivity (Wildman–Crippen MR) is 83.2 cm³/mol. The second kappa shape index (κ2) is 5.10. The van der Waals surface area contributed by atoms with Crippen molar-refractivity contribution >= 4 is 11.3 Å². The van der Waals surface area contributed by atoms with Crippen molar-refractivity contribution in [1.82, 2.24) is 5.32 Å². The Kier molecular flexibility index (Phi) is 3.46. The fourth-order valence-electron chi connectivity index (χ4n) is 3.09. The van der Waals surface area contributed by atoms with Crippen LogP contribution in [0.15, 0.2) is 24.3 Å². The van der Waals surface area contributed by atoms with Crippen molar-refractivity contribution in [3.63, 3.8) is 0 Å². The molecule has 0 saturated heterocycles. The highest BCUT2D eigenvalue weighted by Crippen LogP contribution is 2.36. The molecule has 2 aromatic rings. The number of hydrogen-bond acceptors (Lipinski definition) is 2. The summed E-state index contributed by atoms with van der Waals surface area (Å²) in [6.07, 6.45) is 3.90. The molecule has 1 N–H and O–H groups in total. The molecule has 1 unspecified atom stereocenters. The van der Waals surface area contributed by atoms with Gasteiger partial charge in [0.05, 0.1) is 6.04 Å². The van der Waals surface area contributed by atoms with Crippen molar-refractivity contribution in [2.75, 3.05) is 7.05 Å². The lowest BCUT2D eigenvalue weighted by molar-refractivity contribution is 0.698. The first-order valence-corrected chi connectivity index (χ1v) is 7.86. The van der Waals surface area contributed by atoms with E-state index in [2.05, 4.69) is 50.5 Å². The van der Waals surface area contributed by atoms with Crippen molar-refractivity contribution in [3.05, 3.63) is 56.3 Å². The van der Waals surface area contributed by atoms with E-state index in [1.807, 2.05) is 11.3 Å². The minimum atomic E-state index is 0.344. The van der Waals surface area contributed by atoms with Gasteiger partial charge in [-0.1, -0.05) is 23.8 Å². The molecule has 0 saturated carbocycles. The van der Waals surface area contributed by atoms with Gasteiger partial charge in [-0.2, -0.15) is 0 Å². The zero-order valence-electron chi connectivity index (χ0n) is 11.9. The highest BCUT2D eigenvalue weighted by Gasteiger charge is 2.21. The van der Waals surface area contributed by atoms with E-state index < -0.39 is 0 Å². The number of fused-ring (bicyclic) bond motifs is 1. The molecule has 100 valence electrons. The maximum atomic E-state index is 3.49. The minimum absolute atomic E-state index is 0.344. The Morgan fingerprint density at radius 1 is 1.16 bits per heavy atom. The molecule has 1 aliphatic rings. The SMILES string of the molecule is CNC(c1cc2c(s1)CCC2)c1ccc(C)cc1C. The summed E-state index contributed by atoms with van der Waals surface area (Å²) < 4.78 is 0. The summed E-state index contributed by atoms with van der Waals surface area (Å²) in [5, 5.41) is 3.49. The Hall–Kier alpha value is -1.12. The summed E-state index contributed by atoms with van der Waals surface area (Å²) in [5.41, 5.74) is 5.72. The van der Waals surface area contributed by atoms with Crippen LogP contribution in [0.2, 0.25) is 0 Å². The van der Waals surface area contributed by atoms with Crippen molar-refractivity contribution in [2.45, 2.75) is 39.2 Å². The van der Waals surface area contributed by atoms with Gasteiger partial charge in [-0.15, -0.1) is 11.3 Å². The fourth-order valence-corrected chi connectivity index (χ4v) is 4.48. The molecule has 0 fully saturated rings. The van der Waals surface area contributed by atoms with Gasteiger partial charge in [-0.25, -0.2) is 0 Å². The Morgan fingerprint density at radius 3 is 2.68 bits per heavy atom. The van der Waals surface area contributed by atoms with E-state index >= 15 is 0 Å². The van der Waals surface area contributed by atoms with E-state index in [1.165, 1.54) is 40.8 Å². The van der Waals surface area contributed by atoms with Crippen LogP contribution >= 0.6 is 11.3 Å². The van der Waals surface area contributed by atoms with Crippen LogP contribution in [-0.4, -0.2) is 7.05 Å². The molecule has 1 aromatic carbocycles. The topological polar surface area (TPSA) is 12.0 Å². The van der Waals surface area contributed by atoms with E-state index in [0.29, 0.717) is 6.04 Å². The Labute approximate surface area is 119 Å². The molecule has 0 aliphatic heterocycles. The molecule has 0 radical (unpaired) electrons. The number of hydrogen-bond donors (Lipinski definition) is 1. The number of aryl methyl sites for hydroxylation is 4. The van der Waals surface area contributed by atoms with E-state index in [-0.39, 0.29) is 0 Å². The predicted octanol–water partition coefficient (Wildman–Crippen LogP) is 4.16. The Bertz CT molecular complexity index is 576. The van der Waals surface area contributed by atoms with Gasteiger partial charge in [0.1, 0.15) is 0 Å². The highest BCUT2D eigenvalue weighted by atomic mass is 32.1. The van der Waals surface area contributed by atoms with Crippen LogP contribution in [0.1, 0.15) is 44.5 Å². The van der Waals surface area contributed by atoms with Crippen LogP contribution in [0.25, 0.3) is 0 Å². The maximum absolute atomic E-state index is 3.49. The van der Waals surface area contributed by atoms with Gasteiger partial charge in [0.25, 0.3) is 0 Å². The molecule has 1 aromatic heterocycles. The quantitative estimate of drug-likeness (QED) is 0.884. The van der Waals surface area contributed by atoms with Gasteiger partial charge in [-0.3, -0.25) is 0 Å². The van der Waals surface area contributed by atoms with Crippen molar-refractivity contribution in [1.29, 1.82) is 0 Å². The van der Waals surface area contributed by atoms with Crippen LogP contribution in [0.4, 0.5) is 0 Å². The molecule has 2 heteroatoms. The van der Waals surface area contributed by atoms with Crippen LogP contribution in [-0.2, 0) is 12.8 Å². The first-order chi connectivity index (χ1) is 9.19. The lowest BCUT2D eigenvalue weighted by atomic mass is 9.98. The van der Waals surface area contributed by atoms with Crippen molar-refractivity contribution < 1.29 is 0 Å². The minimum Gasteiger partial charge on any atom is -0.309 e. The average Bonchev–Trinajstić information content (AvgIpc) is 2.93. The Morgan fingerprint density at radius 2 is 2.00 bits per heavy atom. The highest BCUT2D eigenvalue weighted by molar-refractivity contribution is 7.12. The normalized spacial score (nSPS) is 15.5. The van der Waals surface area contributed by atoms with Crippen molar-refractivity contribution in [3.8, 4) is 0 Å². The number of nitrogens with one attached hydrogen (secondary N) is 1. The van der Waals surface area contributed by atoms with Crippen LogP contribution in [0, 0.1) is 13.8 Å². The molecule has 1 atom stereocenters. The Balaban J connectivity index is 1.99. The lowest BCUT2D eigenvalue weighted by Gasteiger charge is -2.18. The monoisotopic (exact) mass is 271 g/mol. The van der Waals surface area contributed by atoms with Crippen LogP contribution < -0.4 is 5.32 Å². The summed E-state index contributed by atoms with van der Waals surface area (Å²) in [5.74, 6) is 0. The molecule has 3 rings (SSSR count). The summed E-state index contributed by atoms with van der Waals surface area (Å²) in [7, 11) is 2.06. The molecule has 0 amide bonds. The first-order valence-electron chi connectivity index (χ1n) is 7.05. The third kappa shape index (κ3) is 2.35. The van der Waals surface area contributed by atoms with Crippen LogP contribution in [0.5, 0.6) is 0 Å². The first kappa shape index (κ1) is 12.9. The average molecular weight is 271 g/mol. The summed E-state index contributed by atoms with van der Waals surface area (Å²) in [6.45, 7) is 4.37. The zero-order chi connectivity index (χ0) is 13.4. The zero-order valence-corrected chi connectivity index (χ0v) is 12.7. The van der Waals surface area contributed by atoms with Gasteiger partial charge in [0.2, 0.25) is 0 Å². The van der Waals surface area contributed by atoms with Gasteiger partial charge < -0.3 is 5.32 Å². The molecule has 1 aliphatic carbocycles. The second-order valence-corrected chi connectivity index (χ2v) is 6.70. The van der Waals surface area contributed by atoms with Gasteiger partial charge in [0, 0.05) is 9.75 Å². The molecule has 19 heavy (non-hydrogen) atoms. The number of thiophene rings is 1. The standard InChI is InChI=1S/C17H21NS/c1-11-7-8-14(12(2)9-11)17(18-3)16-10-13-5-4-6-15(13)19-16/h7-10,17-18H,4-6H2,1-3H3. The third-order valence-corrected chi connectivity index (χ3v) is 5.38. The van der Waals surface area contributed by atoms with E-state index in [9.17, 15) is 0 Å². The van der Waals surface area contributed by atoms with Gasteiger partial charge in [0.15, 0.2) is 0 Å². The molecular weight excluding hydrogens is 250 g/mol. The van der Waals surface area contributed by atoms with E-state index in [0.717, 1.165) is 0 Å². The molecule has 1 heterocycles. The maximum Gasteiger partial charge on any atom is 0.0671 e.